The maximum Gasteiger partial charge on any atom is 0.349 e. The Kier molecular flexibility index (Phi) is 5.98. The first-order chi connectivity index (χ1) is 14.5. The number of nitrogens with one attached hydrogen (secondary N) is 1. The van der Waals surface area contributed by atoms with Crippen LogP contribution in [0.2, 0.25) is 0 Å². The zero-order valence-corrected chi connectivity index (χ0v) is 16.2. The van der Waals surface area contributed by atoms with E-state index in [1.54, 1.807) is 37.3 Å². The highest BCUT2D eigenvalue weighted by molar-refractivity contribution is 6.02. The number of benzene rings is 2. The Hall–Kier alpha value is -4.32. The summed E-state index contributed by atoms with van der Waals surface area (Å²) in [5.74, 6) is 0.0389. The van der Waals surface area contributed by atoms with Crippen molar-refractivity contribution in [3.05, 3.63) is 63.9 Å². The smallest absolute Gasteiger partial charge is 0.349 e. The van der Waals surface area contributed by atoms with Gasteiger partial charge in [0.15, 0.2) is 5.76 Å². The molecule has 9 heteroatoms. The number of non-ortho nitro benzene ring substituents is 1. The Morgan fingerprint density at radius 1 is 1.30 bits per heavy atom. The molecule has 0 aliphatic rings. The van der Waals surface area contributed by atoms with Crippen molar-refractivity contribution in [3.8, 4) is 11.8 Å². The minimum absolute atomic E-state index is 0.0477. The van der Waals surface area contributed by atoms with Gasteiger partial charge in [-0.15, -0.1) is 0 Å². The molecule has 30 heavy (non-hydrogen) atoms. The maximum atomic E-state index is 12.0. The molecule has 0 saturated carbocycles. The summed E-state index contributed by atoms with van der Waals surface area (Å²) in [4.78, 5) is 22.4. The van der Waals surface area contributed by atoms with E-state index in [0.29, 0.717) is 28.1 Å². The summed E-state index contributed by atoms with van der Waals surface area (Å²) < 4.78 is 16.0. The molecule has 2 aromatic carbocycles. The van der Waals surface area contributed by atoms with Gasteiger partial charge in [0.05, 0.1) is 24.3 Å². The first-order valence-corrected chi connectivity index (χ1v) is 8.87. The largest absolute Gasteiger partial charge is 0.497 e. The van der Waals surface area contributed by atoms with Gasteiger partial charge in [-0.3, -0.25) is 10.1 Å². The topological polar surface area (TPSA) is 128 Å². The summed E-state index contributed by atoms with van der Waals surface area (Å²) >= 11 is 0. The molecule has 0 bridgehead atoms. The molecule has 1 aromatic heterocycles. The van der Waals surface area contributed by atoms with Gasteiger partial charge in [-0.1, -0.05) is 0 Å². The summed E-state index contributed by atoms with van der Waals surface area (Å²) in [6.45, 7) is 1.77. The fourth-order valence-corrected chi connectivity index (χ4v) is 2.74. The fraction of sp³-hybridized carbons (Fsp3) is 0.143. The van der Waals surface area contributed by atoms with Crippen LogP contribution in [-0.2, 0) is 9.53 Å². The quantitative estimate of drug-likeness (QED) is 0.198. The molecule has 152 valence electrons. The fourth-order valence-electron chi connectivity index (χ4n) is 2.74. The molecule has 0 aliphatic carbocycles. The lowest BCUT2D eigenvalue weighted by molar-refractivity contribution is -0.384. The Labute approximate surface area is 171 Å². The SMILES string of the molecule is CCOC(=O)/C(C#N)=C\c1oc2ccc(OC)cc2c1Nc1ccc([N+](=O)[O-])cc1. The minimum atomic E-state index is -0.765. The van der Waals surface area contributed by atoms with E-state index >= 15 is 0 Å². The van der Waals surface area contributed by atoms with Crippen LogP contribution in [-0.4, -0.2) is 24.6 Å². The van der Waals surface area contributed by atoms with Crippen molar-refractivity contribution in [2.75, 3.05) is 19.0 Å². The average Bonchev–Trinajstić information content (AvgIpc) is 3.08. The summed E-state index contributed by atoms with van der Waals surface area (Å²) in [5, 5.41) is 24.0. The van der Waals surface area contributed by atoms with Crippen LogP contribution in [0, 0.1) is 21.4 Å². The Morgan fingerprint density at radius 2 is 2.03 bits per heavy atom. The third-order valence-electron chi connectivity index (χ3n) is 4.16. The molecular formula is C21H17N3O6. The molecule has 9 nitrogen and oxygen atoms in total. The van der Waals surface area contributed by atoms with Crippen LogP contribution in [0.5, 0.6) is 5.75 Å². The number of hydrogen-bond acceptors (Lipinski definition) is 8. The van der Waals surface area contributed by atoms with Crippen LogP contribution in [0.4, 0.5) is 17.1 Å². The standard InChI is InChI=1S/C21H17N3O6/c1-3-29-21(25)13(12-22)10-19-20(17-11-16(28-2)8-9-18(17)30-19)23-14-4-6-15(7-5-14)24(26)27/h4-11,23H,3H2,1-2H3/b13-10-. The number of nitro benzene ring substituents is 1. The molecular weight excluding hydrogens is 390 g/mol. The van der Waals surface area contributed by atoms with Crippen LogP contribution in [0.25, 0.3) is 17.0 Å². The summed E-state index contributed by atoms with van der Waals surface area (Å²) in [5.41, 5.74) is 1.24. The molecule has 0 atom stereocenters. The number of nitriles is 1. The van der Waals surface area contributed by atoms with E-state index in [9.17, 15) is 20.2 Å². The van der Waals surface area contributed by atoms with E-state index in [1.165, 1.54) is 25.3 Å². The number of esters is 1. The number of furan rings is 1. The van der Waals surface area contributed by atoms with Crippen LogP contribution in [0.1, 0.15) is 12.7 Å². The van der Waals surface area contributed by atoms with E-state index in [0.717, 1.165) is 0 Å². The number of rotatable bonds is 7. The van der Waals surface area contributed by atoms with Crippen LogP contribution in [0.15, 0.2) is 52.5 Å². The highest BCUT2D eigenvalue weighted by atomic mass is 16.6. The van der Waals surface area contributed by atoms with Gasteiger partial charge in [-0.05, 0) is 37.3 Å². The number of ether oxygens (including phenoxy) is 2. The van der Waals surface area contributed by atoms with E-state index in [4.69, 9.17) is 13.9 Å². The number of fused-ring (bicyclic) bond motifs is 1. The summed E-state index contributed by atoms with van der Waals surface area (Å²) in [6, 6.07) is 12.8. The third-order valence-corrected chi connectivity index (χ3v) is 4.16. The first-order valence-electron chi connectivity index (χ1n) is 8.87. The number of anilines is 2. The first kappa shape index (κ1) is 20.4. The minimum Gasteiger partial charge on any atom is -0.497 e. The predicted molar refractivity (Wildman–Crippen MR) is 109 cm³/mol. The van der Waals surface area contributed by atoms with Gasteiger partial charge in [-0.2, -0.15) is 5.26 Å². The van der Waals surface area contributed by atoms with Gasteiger partial charge in [0.25, 0.3) is 5.69 Å². The molecule has 0 unspecified atom stereocenters. The van der Waals surface area contributed by atoms with Crippen molar-refractivity contribution in [1.29, 1.82) is 5.26 Å². The van der Waals surface area contributed by atoms with Crippen molar-refractivity contribution in [2.24, 2.45) is 0 Å². The van der Waals surface area contributed by atoms with Crippen molar-refractivity contribution in [2.45, 2.75) is 6.92 Å². The Morgan fingerprint density at radius 3 is 2.63 bits per heavy atom. The molecule has 1 heterocycles. The van der Waals surface area contributed by atoms with Crippen LogP contribution in [0.3, 0.4) is 0 Å². The highest BCUT2D eigenvalue weighted by Gasteiger charge is 2.18. The zero-order chi connectivity index (χ0) is 21.7. The number of carbonyl (C=O) groups excluding carboxylic acids is 1. The lowest BCUT2D eigenvalue weighted by Gasteiger charge is -2.07. The lowest BCUT2D eigenvalue weighted by Crippen LogP contribution is -2.06. The highest BCUT2D eigenvalue weighted by Crippen LogP contribution is 2.37. The van der Waals surface area contributed by atoms with Gasteiger partial charge in [0.2, 0.25) is 0 Å². The predicted octanol–water partition coefficient (Wildman–Crippen LogP) is 4.56. The van der Waals surface area contributed by atoms with Crippen LogP contribution < -0.4 is 10.1 Å². The zero-order valence-electron chi connectivity index (χ0n) is 16.2. The second-order valence-corrected chi connectivity index (χ2v) is 6.02. The lowest BCUT2D eigenvalue weighted by atomic mass is 10.1. The summed E-state index contributed by atoms with van der Waals surface area (Å²) in [7, 11) is 1.53. The molecule has 0 fully saturated rings. The van der Waals surface area contributed by atoms with Crippen molar-refractivity contribution in [1.82, 2.24) is 0 Å². The van der Waals surface area contributed by atoms with Crippen molar-refractivity contribution >= 4 is 40.1 Å². The Balaban J connectivity index is 2.11. The van der Waals surface area contributed by atoms with E-state index < -0.39 is 10.9 Å². The van der Waals surface area contributed by atoms with Crippen molar-refractivity contribution < 1.29 is 23.6 Å². The number of methoxy groups -OCH3 is 1. The third kappa shape index (κ3) is 4.23. The monoisotopic (exact) mass is 407 g/mol. The molecule has 0 amide bonds. The molecule has 0 radical (unpaired) electrons. The van der Waals surface area contributed by atoms with E-state index in [1.807, 2.05) is 6.07 Å². The normalized spacial score (nSPS) is 11.0. The number of nitrogens with zero attached hydrogens (tertiary/aromatic N) is 2. The van der Waals surface area contributed by atoms with Gasteiger partial charge < -0.3 is 19.2 Å². The number of hydrogen-bond donors (Lipinski definition) is 1. The molecule has 1 N–H and O–H groups in total. The number of carbonyl (C=O) groups is 1. The summed E-state index contributed by atoms with van der Waals surface area (Å²) in [6.07, 6.45) is 1.29. The van der Waals surface area contributed by atoms with Crippen molar-refractivity contribution in [3.63, 3.8) is 0 Å². The second-order valence-electron chi connectivity index (χ2n) is 6.02. The maximum absolute atomic E-state index is 12.0. The molecule has 0 aliphatic heterocycles. The van der Waals surface area contributed by atoms with E-state index in [2.05, 4.69) is 5.32 Å². The number of nitro groups is 1. The van der Waals surface area contributed by atoms with E-state index in [-0.39, 0.29) is 23.6 Å². The van der Waals surface area contributed by atoms with Gasteiger partial charge in [-0.25, -0.2) is 4.79 Å². The van der Waals surface area contributed by atoms with Gasteiger partial charge in [0.1, 0.15) is 23.0 Å². The van der Waals surface area contributed by atoms with Gasteiger partial charge >= 0.3 is 5.97 Å². The molecule has 3 aromatic rings. The Bertz CT molecular complexity index is 1170. The van der Waals surface area contributed by atoms with Crippen LogP contribution >= 0.6 is 0 Å². The molecule has 3 rings (SSSR count). The molecule has 0 spiro atoms. The second kappa shape index (κ2) is 8.79. The average molecular weight is 407 g/mol. The van der Waals surface area contributed by atoms with Gasteiger partial charge in [0, 0.05) is 29.3 Å². The molecule has 0 saturated heterocycles.